The summed E-state index contributed by atoms with van der Waals surface area (Å²) in [5, 5.41) is 10.2. The Morgan fingerprint density at radius 3 is 2.71 bits per heavy atom. The van der Waals surface area contributed by atoms with Gasteiger partial charge in [0, 0.05) is 16.5 Å². The van der Waals surface area contributed by atoms with Crippen LogP contribution < -0.4 is 0 Å². The largest absolute Gasteiger partial charge is 0.481 e. The molecule has 0 saturated carbocycles. The van der Waals surface area contributed by atoms with E-state index in [1.807, 2.05) is 18.2 Å². The fraction of sp³-hybridized carbons (Fsp3) is 0.250. The molecule has 0 atom stereocenters. The number of aromatic nitrogens is 1. The summed E-state index contributed by atoms with van der Waals surface area (Å²) in [5.74, 6) is -1.28. The summed E-state index contributed by atoms with van der Waals surface area (Å²) >= 11 is 0. The van der Waals surface area contributed by atoms with E-state index >= 15 is 0 Å². The SMILES string of the molecule is CCCCc1ccc2[nH]c(-c3ccccc3F)c(CC(=O)O)c2c1. The van der Waals surface area contributed by atoms with Gasteiger partial charge in [-0.2, -0.15) is 0 Å². The number of benzene rings is 2. The number of aliphatic carboxylic acids is 1. The quantitative estimate of drug-likeness (QED) is 0.674. The average molecular weight is 325 g/mol. The van der Waals surface area contributed by atoms with E-state index in [1.54, 1.807) is 18.2 Å². The Hall–Kier alpha value is -2.62. The van der Waals surface area contributed by atoms with Crippen LogP contribution in [0, 0.1) is 5.82 Å². The third-order valence-electron chi connectivity index (χ3n) is 4.26. The molecule has 24 heavy (non-hydrogen) atoms. The molecule has 0 spiro atoms. The second-order valence-electron chi connectivity index (χ2n) is 6.01. The van der Waals surface area contributed by atoms with Crippen LogP contribution in [-0.2, 0) is 17.6 Å². The Balaban J connectivity index is 2.18. The molecule has 0 amide bonds. The van der Waals surface area contributed by atoms with E-state index in [0.717, 1.165) is 30.2 Å². The van der Waals surface area contributed by atoms with Crippen molar-refractivity contribution < 1.29 is 14.3 Å². The van der Waals surface area contributed by atoms with Crippen molar-refractivity contribution in [3.63, 3.8) is 0 Å². The molecule has 1 aromatic heterocycles. The monoisotopic (exact) mass is 325 g/mol. The fourth-order valence-corrected chi connectivity index (χ4v) is 3.06. The van der Waals surface area contributed by atoms with Gasteiger partial charge in [0.05, 0.1) is 12.1 Å². The van der Waals surface area contributed by atoms with Crippen LogP contribution in [0.25, 0.3) is 22.2 Å². The maximum Gasteiger partial charge on any atom is 0.307 e. The Morgan fingerprint density at radius 2 is 2.00 bits per heavy atom. The molecule has 2 aromatic carbocycles. The van der Waals surface area contributed by atoms with Gasteiger partial charge >= 0.3 is 5.97 Å². The van der Waals surface area contributed by atoms with Crippen molar-refractivity contribution in [2.24, 2.45) is 0 Å². The van der Waals surface area contributed by atoms with Gasteiger partial charge in [0.15, 0.2) is 0 Å². The summed E-state index contributed by atoms with van der Waals surface area (Å²) in [7, 11) is 0. The molecule has 1 heterocycles. The number of halogens is 1. The van der Waals surface area contributed by atoms with Crippen LogP contribution in [0.2, 0.25) is 0 Å². The Kier molecular flexibility index (Phi) is 4.65. The highest BCUT2D eigenvalue weighted by molar-refractivity contribution is 5.94. The van der Waals surface area contributed by atoms with E-state index in [9.17, 15) is 14.3 Å². The molecule has 0 aliphatic heterocycles. The third-order valence-corrected chi connectivity index (χ3v) is 4.26. The van der Waals surface area contributed by atoms with Crippen LogP contribution in [-0.4, -0.2) is 16.1 Å². The lowest BCUT2D eigenvalue weighted by atomic mass is 10.00. The lowest BCUT2D eigenvalue weighted by Gasteiger charge is -2.05. The maximum atomic E-state index is 14.2. The summed E-state index contributed by atoms with van der Waals surface area (Å²) in [5.41, 5.74) is 3.61. The lowest BCUT2D eigenvalue weighted by molar-refractivity contribution is -0.136. The van der Waals surface area contributed by atoms with E-state index in [4.69, 9.17) is 0 Å². The Labute approximate surface area is 140 Å². The summed E-state index contributed by atoms with van der Waals surface area (Å²) in [4.78, 5) is 14.5. The van der Waals surface area contributed by atoms with Crippen LogP contribution >= 0.6 is 0 Å². The summed E-state index contributed by atoms with van der Waals surface area (Å²) in [6.45, 7) is 2.14. The molecule has 0 unspecified atom stereocenters. The molecule has 3 aromatic rings. The molecule has 3 rings (SSSR count). The van der Waals surface area contributed by atoms with Crippen molar-refractivity contribution in [3.05, 3.63) is 59.4 Å². The van der Waals surface area contributed by atoms with Gasteiger partial charge in [-0.1, -0.05) is 31.5 Å². The topological polar surface area (TPSA) is 53.1 Å². The first-order valence-corrected chi connectivity index (χ1v) is 8.20. The Bertz CT molecular complexity index is 882. The van der Waals surface area contributed by atoms with Gasteiger partial charge in [-0.25, -0.2) is 4.39 Å². The van der Waals surface area contributed by atoms with Gasteiger partial charge in [-0.05, 0) is 48.2 Å². The third kappa shape index (κ3) is 3.18. The minimum atomic E-state index is -0.924. The molecular formula is C20H20FNO2. The number of aryl methyl sites for hydroxylation is 1. The van der Waals surface area contributed by atoms with Gasteiger partial charge in [-0.3, -0.25) is 4.79 Å². The highest BCUT2D eigenvalue weighted by Gasteiger charge is 2.18. The van der Waals surface area contributed by atoms with Gasteiger partial charge < -0.3 is 10.1 Å². The van der Waals surface area contributed by atoms with Crippen molar-refractivity contribution in [2.45, 2.75) is 32.6 Å². The van der Waals surface area contributed by atoms with Crippen LogP contribution in [0.5, 0.6) is 0 Å². The highest BCUT2D eigenvalue weighted by atomic mass is 19.1. The zero-order valence-corrected chi connectivity index (χ0v) is 13.6. The number of carboxylic acid groups (broad SMARTS) is 1. The van der Waals surface area contributed by atoms with Crippen molar-refractivity contribution in [1.29, 1.82) is 0 Å². The second kappa shape index (κ2) is 6.87. The smallest absolute Gasteiger partial charge is 0.307 e. The van der Waals surface area contributed by atoms with E-state index < -0.39 is 5.97 Å². The average Bonchev–Trinajstić information content (AvgIpc) is 2.90. The molecule has 0 fully saturated rings. The van der Waals surface area contributed by atoms with E-state index in [2.05, 4.69) is 11.9 Å². The standard InChI is InChI=1S/C20H20FNO2/c1-2-3-6-13-9-10-18-15(11-13)16(12-19(23)24)20(22-18)14-7-4-5-8-17(14)21/h4-5,7-11,22H,2-3,6,12H2,1H3,(H,23,24). The zero-order chi connectivity index (χ0) is 17.1. The number of hydrogen-bond donors (Lipinski definition) is 2. The van der Waals surface area contributed by atoms with Crippen molar-refractivity contribution in [3.8, 4) is 11.3 Å². The summed E-state index contributed by atoms with van der Waals surface area (Å²) < 4.78 is 14.2. The molecule has 124 valence electrons. The second-order valence-corrected chi connectivity index (χ2v) is 6.01. The van der Waals surface area contributed by atoms with Crippen molar-refractivity contribution in [1.82, 2.24) is 4.98 Å². The van der Waals surface area contributed by atoms with Crippen LogP contribution in [0.3, 0.4) is 0 Å². The predicted molar refractivity (Wildman–Crippen MR) is 93.6 cm³/mol. The number of carbonyl (C=O) groups is 1. The predicted octanol–water partition coefficient (Wildman–Crippen LogP) is 4.94. The summed E-state index contributed by atoms with van der Waals surface area (Å²) in [6.07, 6.45) is 3.01. The molecule has 3 nitrogen and oxygen atoms in total. The van der Waals surface area contributed by atoms with Gasteiger partial charge in [0.25, 0.3) is 0 Å². The minimum absolute atomic E-state index is 0.138. The van der Waals surface area contributed by atoms with Crippen LogP contribution in [0.15, 0.2) is 42.5 Å². The lowest BCUT2D eigenvalue weighted by Crippen LogP contribution is -2.01. The first kappa shape index (κ1) is 16.2. The van der Waals surface area contributed by atoms with Crippen LogP contribution in [0.4, 0.5) is 4.39 Å². The van der Waals surface area contributed by atoms with Gasteiger partial charge in [-0.15, -0.1) is 0 Å². The number of nitrogens with one attached hydrogen (secondary N) is 1. The molecule has 4 heteroatoms. The molecule has 2 N–H and O–H groups in total. The van der Waals surface area contributed by atoms with E-state index in [0.29, 0.717) is 16.8 Å². The number of aromatic amines is 1. The number of hydrogen-bond acceptors (Lipinski definition) is 1. The number of rotatable bonds is 6. The molecule has 0 radical (unpaired) electrons. The number of H-pyrrole nitrogens is 1. The normalized spacial score (nSPS) is 11.1. The van der Waals surface area contributed by atoms with Gasteiger partial charge in [0.1, 0.15) is 5.82 Å². The molecular weight excluding hydrogens is 305 g/mol. The number of carboxylic acids is 1. The van der Waals surface area contributed by atoms with Crippen molar-refractivity contribution in [2.75, 3.05) is 0 Å². The van der Waals surface area contributed by atoms with E-state index in [1.165, 1.54) is 11.6 Å². The van der Waals surface area contributed by atoms with Gasteiger partial charge in [0.2, 0.25) is 0 Å². The zero-order valence-electron chi connectivity index (χ0n) is 13.6. The Morgan fingerprint density at radius 1 is 1.21 bits per heavy atom. The maximum absolute atomic E-state index is 14.2. The molecule has 0 aliphatic rings. The number of fused-ring (bicyclic) bond motifs is 1. The highest BCUT2D eigenvalue weighted by Crippen LogP contribution is 2.33. The molecule has 0 saturated heterocycles. The first-order chi connectivity index (χ1) is 11.6. The molecule has 0 aliphatic carbocycles. The van der Waals surface area contributed by atoms with Crippen molar-refractivity contribution >= 4 is 16.9 Å². The van der Waals surface area contributed by atoms with Crippen LogP contribution in [0.1, 0.15) is 30.9 Å². The fourth-order valence-electron chi connectivity index (χ4n) is 3.06. The first-order valence-electron chi connectivity index (χ1n) is 8.20. The molecule has 0 bridgehead atoms. The number of unbranched alkanes of at least 4 members (excludes halogenated alkanes) is 1. The van der Waals surface area contributed by atoms with E-state index in [-0.39, 0.29) is 12.2 Å². The summed E-state index contributed by atoms with van der Waals surface area (Å²) in [6, 6.07) is 12.5. The minimum Gasteiger partial charge on any atom is -0.481 e.